The summed E-state index contributed by atoms with van der Waals surface area (Å²) in [5, 5.41) is 21.9. The van der Waals surface area contributed by atoms with Crippen molar-refractivity contribution >= 4 is 96.4 Å². The molecule has 0 radical (unpaired) electrons. The Hall–Kier alpha value is -1.50. The number of carbonyl (C=O) groups is 2. The van der Waals surface area contributed by atoms with Crippen molar-refractivity contribution < 1.29 is 65.1 Å². The molecule has 0 aliphatic carbocycles. The zero-order valence-electron chi connectivity index (χ0n) is 26.0. The number of hydrogen-bond donors (Lipinski definition) is 0. The molecule has 8 nitrogen and oxygen atoms in total. The van der Waals surface area contributed by atoms with Crippen LogP contribution < -0.4 is 19.7 Å². The molecule has 4 rings (SSSR count). The Morgan fingerprint density at radius 3 is 1.33 bits per heavy atom. The number of benzene rings is 2. The van der Waals surface area contributed by atoms with E-state index in [1.54, 1.807) is 26.0 Å². The maximum Gasteiger partial charge on any atom is 2.00 e. The van der Waals surface area contributed by atoms with E-state index in [9.17, 15) is 46.1 Å². The molecule has 19 heteroatoms. The number of carboxylic acids is 2. The molecule has 264 valence electrons. The maximum absolute atomic E-state index is 12.6. The van der Waals surface area contributed by atoms with E-state index >= 15 is 0 Å². The van der Waals surface area contributed by atoms with Gasteiger partial charge in [-0.15, -0.1) is 0 Å². The molecule has 0 N–H and O–H groups in total. The van der Waals surface area contributed by atoms with Crippen LogP contribution in [-0.2, 0) is 31.4 Å². The number of halogens is 8. The summed E-state index contributed by atoms with van der Waals surface area (Å²) in [6, 6.07) is 5.57. The van der Waals surface area contributed by atoms with Crippen molar-refractivity contribution in [3.63, 3.8) is 0 Å². The van der Waals surface area contributed by atoms with Crippen LogP contribution in [0, 0.1) is 0 Å². The van der Waals surface area contributed by atoms with E-state index in [1.165, 1.54) is 13.8 Å². The Morgan fingerprint density at radius 2 is 1.06 bits per heavy atom. The van der Waals surface area contributed by atoms with Gasteiger partial charge in [-0.1, -0.05) is 46.7 Å². The molecule has 2 heterocycles. The van der Waals surface area contributed by atoms with Gasteiger partial charge in [-0.05, 0) is 76.2 Å². The Balaban J connectivity index is 0.000000333. The van der Waals surface area contributed by atoms with Crippen LogP contribution in [0.3, 0.4) is 0 Å². The van der Waals surface area contributed by atoms with Crippen molar-refractivity contribution in [1.82, 2.24) is 0 Å². The molecule has 0 aromatic heterocycles. The molecule has 0 bridgehead atoms. The van der Waals surface area contributed by atoms with Gasteiger partial charge in [0.15, 0.2) is 10.2 Å². The number of rotatable bonds is 10. The average molecular weight is 804 g/mol. The fraction of sp³-hybridized carbons (Fsp3) is 0.400. The summed E-state index contributed by atoms with van der Waals surface area (Å²) in [5.74, 6) is -2.53. The molecule has 0 saturated heterocycles. The van der Waals surface area contributed by atoms with Crippen molar-refractivity contribution in [3.05, 3.63) is 79.9 Å². The van der Waals surface area contributed by atoms with Crippen LogP contribution in [-0.4, -0.2) is 71.8 Å². The summed E-state index contributed by atoms with van der Waals surface area (Å²) in [7, 11) is 0. The van der Waals surface area contributed by atoms with Gasteiger partial charge in [0.1, 0.15) is 21.4 Å². The molecule has 4 unspecified atom stereocenters. The number of carbonyl (C=O) groups excluding carboxylic acids is 2. The Labute approximate surface area is 325 Å². The Bertz CT molecular complexity index is 1480. The summed E-state index contributed by atoms with van der Waals surface area (Å²) in [5.41, 5.74) is -1.74. The van der Waals surface area contributed by atoms with Crippen LogP contribution >= 0.6 is 46.7 Å². The molecule has 49 heavy (non-hydrogen) atoms. The third-order valence-corrected chi connectivity index (χ3v) is 9.25. The number of hydrogen-bond acceptors (Lipinski definition) is 10. The third kappa shape index (κ3) is 12.9. The summed E-state index contributed by atoms with van der Waals surface area (Å²) >= 11 is 13.9. The molecule has 2 aliphatic rings. The second-order valence-corrected chi connectivity index (χ2v) is 14.3. The van der Waals surface area contributed by atoms with Gasteiger partial charge in [0.05, 0.1) is 45.3 Å². The maximum atomic E-state index is 12.6. The quantitative estimate of drug-likeness (QED) is 0.188. The molecule has 2 aromatic rings. The van der Waals surface area contributed by atoms with Gasteiger partial charge in [-0.3, -0.25) is 0 Å². The van der Waals surface area contributed by atoms with E-state index in [4.69, 9.17) is 42.1 Å². The Morgan fingerprint density at radius 1 is 0.735 bits per heavy atom. The second-order valence-electron chi connectivity index (χ2n) is 10.6. The minimum atomic E-state index is -4.49. The van der Waals surface area contributed by atoms with E-state index in [-0.39, 0.29) is 59.3 Å². The van der Waals surface area contributed by atoms with Gasteiger partial charge in [0, 0.05) is 12.8 Å². The van der Waals surface area contributed by atoms with E-state index in [0.29, 0.717) is 23.0 Å². The average Bonchev–Trinajstić information content (AvgIpc) is 3.51. The minimum absolute atomic E-state index is 0. The molecule has 0 spiro atoms. The molecular weight excluding hydrogens is 777 g/mol. The topological polar surface area (TPSA) is 117 Å². The van der Waals surface area contributed by atoms with Gasteiger partial charge < -0.3 is 38.7 Å². The van der Waals surface area contributed by atoms with Crippen molar-refractivity contribution in [1.29, 1.82) is 0 Å². The second kappa shape index (κ2) is 17.3. The Kier molecular flexibility index (Phi) is 15.5. The monoisotopic (exact) mass is 802 g/mol. The van der Waals surface area contributed by atoms with Crippen molar-refractivity contribution in [2.45, 2.75) is 75.0 Å². The smallest absolute Gasteiger partial charge is 0.547 e. The zero-order chi connectivity index (χ0) is 36.2. The van der Waals surface area contributed by atoms with E-state index in [2.05, 4.69) is 0 Å². The van der Waals surface area contributed by atoms with E-state index < -0.39 is 57.5 Å². The van der Waals surface area contributed by atoms with E-state index in [0.717, 1.165) is 59.9 Å². The number of aliphatic carboxylic acids is 2. The van der Waals surface area contributed by atoms with Crippen molar-refractivity contribution in [3.8, 4) is 11.5 Å². The van der Waals surface area contributed by atoms with Crippen LogP contribution in [0.2, 0.25) is 10.0 Å². The van der Waals surface area contributed by atoms with Gasteiger partial charge in [-0.25, -0.2) is 0 Å². The minimum Gasteiger partial charge on any atom is -0.547 e. The van der Waals surface area contributed by atoms with Gasteiger partial charge >= 0.3 is 50.1 Å². The van der Waals surface area contributed by atoms with Crippen LogP contribution in [0.4, 0.5) is 26.3 Å². The van der Waals surface area contributed by atoms with Crippen LogP contribution in [0.25, 0.3) is 0 Å². The summed E-state index contributed by atoms with van der Waals surface area (Å²) < 4.78 is 97.5. The van der Waals surface area contributed by atoms with Gasteiger partial charge in [0.2, 0.25) is 0 Å². The normalized spacial score (nSPS) is 21.7. The molecule has 4 atom stereocenters. The van der Waals surface area contributed by atoms with Crippen molar-refractivity contribution in [2.24, 2.45) is 0 Å². The van der Waals surface area contributed by atoms with Crippen LogP contribution in [0.5, 0.6) is 11.5 Å². The molecule has 0 amide bonds. The first kappa shape index (κ1) is 43.7. The summed E-state index contributed by atoms with van der Waals surface area (Å²) in [4.78, 5) is 19.8. The molecule has 2 aliphatic heterocycles. The zero-order valence-corrected chi connectivity index (χ0v) is 31.4. The fourth-order valence-corrected chi connectivity index (χ4v) is 6.58. The molecular formula is C30H26CaCl2F6O8S2. The third-order valence-electron chi connectivity index (χ3n) is 6.37. The van der Waals surface area contributed by atoms with Gasteiger partial charge in [0.25, 0.3) is 0 Å². The number of thioether (sulfide) groups is 2. The first-order chi connectivity index (χ1) is 22.0. The molecule has 2 aromatic carbocycles. The molecule has 0 fully saturated rings. The van der Waals surface area contributed by atoms with Crippen molar-refractivity contribution in [2.75, 3.05) is 0 Å². The predicted octanol–water partition coefficient (Wildman–Crippen LogP) is 6.79. The fourth-order valence-electron chi connectivity index (χ4n) is 3.98. The number of alkyl halides is 6. The predicted molar refractivity (Wildman–Crippen MR) is 168 cm³/mol. The number of carboxylic acid groups (broad SMARTS) is 2. The first-order valence-corrected chi connectivity index (χ1v) is 16.0. The SMILES string of the molecule is CC(OC1(C)CC=C(Oc2ccc(C(F)(F)F)cc2Cl)S1)C(=O)[O-].CC(OC1(C)CC=C(Oc2ccc(C(F)(F)F)cc2Cl)S1)C(=O)[O-].[Ca+2]. The van der Waals surface area contributed by atoms with Crippen LogP contribution in [0.1, 0.15) is 51.7 Å². The summed E-state index contributed by atoms with van der Waals surface area (Å²) in [6.45, 7) is 6.07. The number of ether oxygens (including phenoxy) is 4. The van der Waals surface area contributed by atoms with Crippen LogP contribution in [0.15, 0.2) is 58.7 Å². The standard InChI is InChI=1S/2C15H14ClF3O4S.Ca/c2*1-8(13(20)21)23-14(2)6-5-12(24-14)22-11-4-3-9(7-10(11)16)15(17,18)19;/h2*3-5,7-8H,6H2,1-2H3,(H,20,21);/q;;+2/p-2. The largest absolute Gasteiger partial charge is 2.00 e. The van der Waals surface area contributed by atoms with E-state index in [1.807, 2.05) is 0 Å². The van der Waals surface area contributed by atoms with Gasteiger partial charge in [-0.2, -0.15) is 26.3 Å². The first-order valence-electron chi connectivity index (χ1n) is 13.7. The summed E-state index contributed by atoms with van der Waals surface area (Å²) in [6.07, 6.45) is -7.16. The molecule has 0 saturated carbocycles.